The van der Waals surface area contributed by atoms with Gasteiger partial charge in [-0.05, 0) is 51.5 Å². The number of amides is 1. The van der Waals surface area contributed by atoms with Crippen molar-refractivity contribution in [1.82, 2.24) is 10.6 Å². The van der Waals surface area contributed by atoms with Crippen molar-refractivity contribution in [3.8, 4) is 0 Å². The minimum atomic E-state index is -0.0969. The normalized spacial score (nSPS) is 21.6. The molecule has 2 N–H and O–H groups in total. The van der Waals surface area contributed by atoms with Gasteiger partial charge in [0.2, 0.25) is 5.91 Å². The fourth-order valence-electron chi connectivity index (χ4n) is 2.69. The predicted octanol–water partition coefficient (Wildman–Crippen LogP) is 2.23. The van der Waals surface area contributed by atoms with Gasteiger partial charge in [0.05, 0.1) is 6.04 Å². The first-order valence-electron chi connectivity index (χ1n) is 8.37. The van der Waals surface area contributed by atoms with Gasteiger partial charge in [0, 0.05) is 19.3 Å². The Balaban J connectivity index is 1.47. The van der Waals surface area contributed by atoms with Crippen LogP contribution in [0.2, 0.25) is 0 Å². The molecule has 1 unspecified atom stereocenters. The van der Waals surface area contributed by atoms with Gasteiger partial charge >= 0.3 is 0 Å². The highest BCUT2D eigenvalue weighted by atomic mass is 16.5. The molecule has 1 amide bonds. The quantitative estimate of drug-likeness (QED) is 0.638. The van der Waals surface area contributed by atoms with Crippen molar-refractivity contribution in [3.05, 3.63) is 0 Å². The summed E-state index contributed by atoms with van der Waals surface area (Å²) in [5, 5.41) is 6.44. The third kappa shape index (κ3) is 6.23. The van der Waals surface area contributed by atoms with E-state index < -0.39 is 0 Å². The average Bonchev–Trinajstić information content (AvgIpc) is 3.27. The number of nitrogens with one attached hydrogen (secondary N) is 2. The van der Waals surface area contributed by atoms with E-state index in [1.807, 2.05) is 6.92 Å². The van der Waals surface area contributed by atoms with Gasteiger partial charge in [-0.1, -0.05) is 19.3 Å². The highest BCUT2D eigenvalue weighted by Crippen LogP contribution is 2.28. The van der Waals surface area contributed by atoms with Crippen molar-refractivity contribution >= 4 is 5.91 Å². The first kappa shape index (κ1) is 15.8. The maximum atomic E-state index is 12.0. The number of ether oxygens (including phenoxy) is 1. The summed E-state index contributed by atoms with van der Waals surface area (Å²) in [7, 11) is 0. The Labute approximate surface area is 123 Å². The third-order valence-electron chi connectivity index (χ3n) is 4.31. The van der Waals surface area contributed by atoms with Gasteiger partial charge in [-0.3, -0.25) is 4.79 Å². The lowest BCUT2D eigenvalue weighted by atomic mass is 9.95. The van der Waals surface area contributed by atoms with E-state index in [2.05, 4.69) is 10.6 Å². The number of rotatable bonds is 9. The van der Waals surface area contributed by atoms with Crippen LogP contribution in [0.4, 0.5) is 0 Å². The van der Waals surface area contributed by atoms with Gasteiger partial charge in [-0.15, -0.1) is 0 Å². The minimum Gasteiger partial charge on any atom is -0.381 e. The molecule has 0 aliphatic heterocycles. The van der Waals surface area contributed by atoms with Crippen molar-refractivity contribution in [2.24, 2.45) is 5.92 Å². The van der Waals surface area contributed by atoms with Crippen LogP contribution in [0.1, 0.15) is 58.3 Å². The number of hydrogen-bond donors (Lipinski definition) is 2. The van der Waals surface area contributed by atoms with Gasteiger partial charge in [-0.25, -0.2) is 0 Å². The zero-order valence-corrected chi connectivity index (χ0v) is 12.8. The van der Waals surface area contributed by atoms with E-state index in [4.69, 9.17) is 4.74 Å². The molecule has 2 saturated carbocycles. The summed E-state index contributed by atoms with van der Waals surface area (Å²) >= 11 is 0. The number of carbonyl (C=O) groups excluding carboxylic acids is 1. The lowest BCUT2D eigenvalue weighted by molar-refractivity contribution is -0.123. The summed E-state index contributed by atoms with van der Waals surface area (Å²) in [6.07, 6.45) is 9.79. The Kier molecular flexibility index (Phi) is 6.80. The molecule has 2 fully saturated rings. The summed E-state index contributed by atoms with van der Waals surface area (Å²) in [6.45, 7) is 4.53. The molecule has 0 aromatic heterocycles. The van der Waals surface area contributed by atoms with E-state index in [1.54, 1.807) is 0 Å². The highest BCUT2D eigenvalue weighted by molar-refractivity contribution is 5.81. The largest absolute Gasteiger partial charge is 0.381 e. The molecule has 20 heavy (non-hydrogen) atoms. The maximum absolute atomic E-state index is 12.0. The fourth-order valence-corrected chi connectivity index (χ4v) is 2.69. The standard InChI is InChI=1S/C16H30N2O2/c1-13(16(19)18-15-6-3-2-4-7-15)17-10-5-11-20-12-14-8-9-14/h13-15,17H,2-12H2,1H3,(H,18,19). The molecule has 4 nitrogen and oxygen atoms in total. The Hall–Kier alpha value is -0.610. The lowest BCUT2D eigenvalue weighted by Gasteiger charge is -2.24. The molecule has 0 aromatic carbocycles. The zero-order valence-electron chi connectivity index (χ0n) is 12.8. The monoisotopic (exact) mass is 282 g/mol. The van der Waals surface area contributed by atoms with Gasteiger partial charge in [0.1, 0.15) is 0 Å². The highest BCUT2D eigenvalue weighted by Gasteiger charge is 2.21. The average molecular weight is 282 g/mol. The van der Waals surface area contributed by atoms with E-state index in [0.717, 1.165) is 44.9 Å². The van der Waals surface area contributed by atoms with Gasteiger partial charge in [0.15, 0.2) is 0 Å². The van der Waals surface area contributed by atoms with Crippen molar-refractivity contribution in [2.45, 2.75) is 70.4 Å². The van der Waals surface area contributed by atoms with E-state index in [-0.39, 0.29) is 11.9 Å². The van der Waals surface area contributed by atoms with Crippen molar-refractivity contribution < 1.29 is 9.53 Å². The van der Waals surface area contributed by atoms with Crippen LogP contribution in [-0.4, -0.2) is 37.7 Å². The first-order chi connectivity index (χ1) is 9.75. The molecule has 0 saturated heterocycles. The van der Waals surface area contributed by atoms with E-state index in [1.165, 1.54) is 32.1 Å². The molecule has 0 aromatic rings. The second-order valence-corrected chi connectivity index (χ2v) is 6.39. The van der Waals surface area contributed by atoms with Crippen molar-refractivity contribution in [1.29, 1.82) is 0 Å². The maximum Gasteiger partial charge on any atom is 0.237 e. The van der Waals surface area contributed by atoms with Crippen molar-refractivity contribution in [2.75, 3.05) is 19.8 Å². The molecule has 2 aliphatic rings. The molecular formula is C16H30N2O2. The van der Waals surface area contributed by atoms with Crippen molar-refractivity contribution in [3.63, 3.8) is 0 Å². The molecule has 2 rings (SSSR count). The summed E-state index contributed by atoms with van der Waals surface area (Å²) < 4.78 is 5.58. The Bertz CT molecular complexity index is 286. The lowest BCUT2D eigenvalue weighted by Crippen LogP contribution is -2.47. The Morgan fingerprint density at radius 3 is 2.65 bits per heavy atom. The van der Waals surface area contributed by atoms with E-state index in [0.29, 0.717) is 6.04 Å². The van der Waals surface area contributed by atoms with Crippen LogP contribution in [-0.2, 0) is 9.53 Å². The molecular weight excluding hydrogens is 252 g/mol. The van der Waals surface area contributed by atoms with E-state index >= 15 is 0 Å². The third-order valence-corrected chi connectivity index (χ3v) is 4.31. The van der Waals surface area contributed by atoms with Crippen LogP contribution in [0.3, 0.4) is 0 Å². The number of carbonyl (C=O) groups is 1. The molecule has 116 valence electrons. The SMILES string of the molecule is CC(NCCCOCC1CC1)C(=O)NC1CCCCC1. The first-order valence-corrected chi connectivity index (χ1v) is 8.37. The molecule has 1 atom stereocenters. The molecule has 0 spiro atoms. The van der Waals surface area contributed by atoms with Crippen LogP contribution in [0.15, 0.2) is 0 Å². The summed E-state index contributed by atoms with van der Waals surface area (Å²) in [5.74, 6) is 0.985. The van der Waals surface area contributed by atoms with Gasteiger partial charge < -0.3 is 15.4 Å². The zero-order chi connectivity index (χ0) is 14.2. The topological polar surface area (TPSA) is 50.4 Å². The molecule has 0 radical (unpaired) electrons. The summed E-state index contributed by atoms with van der Waals surface area (Å²) in [4.78, 5) is 12.0. The minimum absolute atomic E-state index is 0.0969. The molecule has 0 heterocycles. The van der Waals surface area contributed by atoms with Crippen LogP contribution in [0, 0.1) is 5.92 Å². The smallest absolute Gasteiger partial charge is 0.237 e. The summed E-state index contributed by atoms with van der Waals surface area (Å²) in [6, 6.07) is 0.308. The molecule has 0 bridgehead atoms. The van der Waals surface area contributed by atoms with Crippen LogP contribution in [0.5, 0.6) is 0 Å². The van der Waals surface area contributed by atoms with Gasteiger partial charge in [0.25, 0.3) is 0 Å². The fraction of sp³-hybridized carbons (Fsp3) is 0.938. The van der Waals surface area contributed by atoms with Crippen LogP contribution < -0.4 is 10.6 Å². The second-order valence-electron chi connectivity index (χ2n) is 6.39. The second kappa shape index (κ2) is 8.63. The Morgan fingerprint density at radius 1 is 1.20 bits per heavy atom. The Morgan fingerprint density at radius 2 is 1.95 bits per heavy atom. The predicted molar refractivity (Wildman–Crippen MR) is 80.6 cm³/mol. The summed E-state index contributed by atoms with van der Waals surface area (Å²) in [5.41, 5.74) is 0. The molecule has 2 aliphatic carbocycles. The van der Waals surface area contributed by atoms with Gasteiger partial charge in [-0.2, -0.15) is 0 Å². The van der Waals surface area contributed by atoms with Crippen LogP contribution in [0.25, 0.3) is 0 Å². The van der Waals surface area contributed by atoms with E-state index in [9.17, 15) is 4.79 Å². The van der Waals surface area contributed by atoms with Crippen LogP contribution >= 0.6 is 0 Å². The number of hydrogen-bond acceptors (Lipinski definition) is 3. The molecule has 4 heteroatoms.